The second-order valence-corrected chi connectivity index (χ2v) is 7.63. The minimum absolute atomic E-state index is 0.387. The van der Waals surface area contributed by atoms with Gasteiger partial charge in [0.25, 0.3) is 0 Å². The lowest BCUT2D eigenvalue weighted by Crippen LogP contribution is -2.35. The van der Waals surface area contributed by atoms with Crippen molar-refractivity contribution in [2.75, 3.05) is 34.4 Å². The van der Waals surface area contributed by atoms with Gasteiger partial charge >= 0.3 is 0 Å². The fourth-order valence-corrected chi connectivity index (χ4v) is 4.63. The Kier molecular flexibility index (Phi) is 4.77. The van der Waals surface area contributed by atoms with Crippen LogP contribution in [-0.2, 0) is 12.8 Å². The maximum absolute atomic E-state index is 5.98. The molecule has 0 bridgehead atoms. The molecule has 1 atom stereocenters. The Hall–Kier alpha value is -2.20. The summed E-state index contributed by atoms with van der Waals surface area (Å²) in [4.78, 5) is 2.47. The van der Waals surface area contributed by atoms with E-state index < -0.39 is 0 Å². The smallest absolute Gasteiger partial charge is 0.161 e. The Morgan fingerprint density at radius 3 is 2.59 bits per heavy atom. The van der Waals surface area contributed by atoms with Gasteiger partial charge in [-0.25, -0.2) is 0 Å². The average Bonchev–Trinajstić information content (AvgIpc) is 2.68. The first-order chi connectivity index (χ1) is 13.1. The molecule has 1 unspecified atom stereocenters. The summed E-state index contributed by atoms with van der Waals surface area (Å²) in [6, 6.07) is 7.02. The van der Waals surface area contributed by atoms with Gasteiger partial charge in [0.15, 0.2) is 11.5 Å². The van der Waals surface area contributed by atoms with Crippen LogP contribution in [0, 0.1) is 6.92 Å². The van der Waals surface area contributed by atoms with E-state index in [2.05, 4.69) is 44.0 Å². The molecule has 0 spiro atoms. The summed E-state index contributed by atoms with van der Waals surface area (Å²) in [5, 5.41) is 0. The van der Waals surface area contributed by atoms with Crippen molar-refractivity contribution >= 4 is 0 Å². The molecule has 2 aliphatic rings. The molecule has 1 aliphatic heterocycles. The highest BCUT2D eigenvalue weighted by molar-refractivity contribution is 5.84. The minimum atomic E-state index is 0.387. The van der Waals surface area contributed by atoms with Gasteiger partial charge in [0.05, 0.1) is 20.8 Å². The Morgan fingerprint density at radius 1 is 1.07 bits per heavy atom. The summed E-state index contributed by atoms with van der Waals surface area (Å²) in [6.45, 7) is 6.05. The molecule has 2 aromatic rings. The van der Waals surface area contributed by atoms with Gasteiger partial charge in [-0.3, -0.25) is 4.90 Å². The number of ether oxygens (including phenoxy) is 3. The highest BCUT2D eigenvalue weighted by atomic mass is 16.5. The maximum atomic E-state index is 5.98. The van der Waals surface area contributed by atoms with E-state index in [0.29, 0.717) is 12.6 Å². The molecule has 2 aromatic carbocycles. The first-order valence-corrected chi connectivity index (χ1v) is 9.83. The van der Waals surface area contributed by atoms with Crippen LogP contribution in [-0.4, -0.2) is 39.3 Å². The zero-order valence-corrected chi connectivity index (χ0v) is 17.0. The summed E-state index contributed by atoms with van der Waals surface area (Å²) in [6.07, 6.45) is 3.06. The molecule has 0 saturated heterocycles. The lowest BCUT2D eigenvalue weighted by atomic mass is 9.76. The Morgan fingerprint density at radius 2 is 1.89 bits per heavy atom. The summed E-state index contributed by atoms with van der Waals surface area (Å²) in [5.41, 5.74) is 7.87. The molecule has 4 rings (SSSR count). The van der Waals surface area contributed by atoms with Crippen LogP contribution >= 0.6 is 0 Å². The molecule has 0 amide bonds. The van der Waals surface area contributed by atoms with Crippen LogP contribution in [0.5, 0.6) is 17.2 Å². The van der Waals surface area contributed by atoms with Crippen LogP contribution in [0.25, 0.3) is 11.1 Å². The molecule has 4 nitrogen and oxygen atoms in total. The van der Waals surface area contributed by atoms with Crippen molar-refractivity contribution in [3.8, 4) is 28.4 Å². The standard InChI is InChI=1S/C23H29NO3/c1-6-9-27-20-12-16-11-18-21-15(7-8-24(18)3)10-14(2)23(26-5)22(21)17(16)13-19(20)25-4/h10,12-13,18H,6-9,11H2,1-5H3. The molecule has 144 valence electrons. The first kappa shape index (κ1) is 18.2. The lowest BCUT2D eigenvalue weighted by molar-refractivity contribution is 0.227. The number of likely N-dealkylation sites (N-methyl/N-ethyl adjacent to an activating group) is 1. The van der Waals surface area contributed by atoms with E-state index in [-0.39, 0.29) is 0 Å². The summed E-state index contributed by atoms with van der Waals surface area (Å²) >= 11 is 0. The van der Waals surface area contributed by atoms with Crippen molar-refractivity contribution in [1.82, 2.24) is 4.90 Å². The Bertz CT molecular complexity index is 875. The van der Waals surface area contributed by atoms with Crippen molar-refractivity contribution < 1.29 is 14.2 Å². The monoisotopic (exact) mass is 367 g/mol. The molecule has 0 aromatic heterocycles. The fraction of sp³-hybridized carbons (Fsp3) is 0.478. The van der Waals surface area contributed by atoms with Gasteiger partial charge in [0.2, 0.25) is 0 Å². The summed E-state index contributed by atoms with van der Waals surface area (Å²) < 4.78 is 17.5. The number of benzene rings is 2. The molecule has 27 heavy (non-hydrogen) atoms. The van der Waals surface area contributed by atoms with Crippen LogP contribution in [0.2, 0.25) is 0 Å². The number of hydrogen-bond donors (Lipinski definition) is 0. The quantitative estimate of drug-likeness (QED) is 0.776. The third-order valence-electron chi connectivity index (χ3n) is 5.93. The van der Waals surface area contributed by atoms with Gasteiger partial charge < -0.3 is 14.2 Å². The van der Waals surface area contributed by atoms with Crippen molar-refractivity contribution in [3.63, 3.8) is 0 Å². The van der Waals surface area contributed by atoms with Gasteiger partial charge in [0, 0.05) is 18.2 Å². The zero-order chi connectivity index (χ0) is 19.1. The number of aryl methyl sites for hydroxylation is 1. The minimum Gasteiger partial charge on any atom is -0.496 e. The number of methoxy groups -OCH3 is 2. The first-order valence-electron chi connectivity index (χ1n) is 9.83. The van der Waals surface area contributed by atoms with Crippen LogP contribution < -0.4 is 14.2 Å². The molecule has 0 N–H and O–H groups in total. The van der Waals surface area contributed by atoms with Gasteiger partial charge in [0.1, 0.15) is 5.75 Å². The van der Waals surface area contributed by atoms with E-state index >= 15 is 0 Å². The average molecular weight is 367 g/mol. The van der Waals surface area contributed by atoms with Gasteiger partial charge in [-0.05, 0) is 73.2 Å². The van der Waals surface area contributed by atoms with E-state index in [9.17, 15) is 0 Å². The highest BCUT2D eigenvalue weighted by Gasteiger charge is 2.36. The summed E-state index contributed by atoms with van der Waals surface area (Å²) in [7, 11) is 5.71. The van der Waals surface area contributed by atoms with Gasteiger partial charge in [-0.15, -0.1) is 0 Å². The molecular weight excluding hydrogens is 338 g/mol. The molecule has 4 heteroatoms. The van der Waals surface area contributed by atoms with Gasteiger partial charge in [-0.1, -0.05) is 13.0 Å². The second kappa shape index (κ2) is 7.08. The van der Waals surface area contributed by atoms with Crippen molar-refractivity contribution in [1.29, 1.82) is 0 Å². The van der Waals surface area contributed by atoms with Crippen molar-refractivity contribution in [2.45, 2.75) is 39.2 Å². The van der Waals surface area contributed by atoms with E-state index in [0.717, 1.165) is 43.1 Å². The topological polar surface area (TPSA) is 30.9 Å². The maximum Gasteiger partial charge on any atom is 0.161 e. The van der Waals surface area contributed by atoms with Crippen LogP contribution in [0.1, 0.15) is 41.6 Å². The highest BCUT2D eigenvalue weighted by Crippen LogP contribution is 2.52. The second-order valence-electron chi connectivity index (χ2n) is 7.63. The van der Waals surface area contributed by atoms with Crippen LogP contribution in [0.3, 0.4) is 0 Å². The largest absolute Gasteiger partial charge is 0.496 e. The van der Waals surface area contributed by atoms with Crippen LogP contribution in [0.15, 0.2) is 18.2 Å². The van der Waals surface area contributed by atoms with E-state index in [4.69, 9.17) is 14.2 Å². The van der Waals surface area contributed by atoms with E-state index in [1.165, 1.54) is 33.4 Å². The number of nitrogens with zero attached hydrogens (tertiary/aromatic N) is 1. The SMILES string of the molecule is CCCOc1cc2c(cc1OC)-c1c(OC)c(C)cc3c1C(C2)N(C)CC3. The molecular formula is C23H29NO3. The summed E-state index contributed by atoms with van der Waals surface area (Å²) in [5.74, 6) is 2.62. The Balaban J connectivity index is 1.97. The van der Waals surface area contributed by atoms with Crippen LogP contribution in [0.4, 0.5) is 0 Å². The lowest BCUT2D eigenvalue weighted by Gasteiger charge is -2.40. The third kappa shape index (κ3) is 2.87. The molecule has 0 fully saturated rings. The number of rotatable bonds is 5. The van der Waals surface area contributed by atoms with E-state index in [1.54, 1.807) is 14.2 Å². The molecule has 1 heterocycles. The molecule has 0 saturated carbocycles. The zero-order valence-electron chi connectivity index (χ0n) is 17.0. The van der Waals surface area contributed by atoms with Crippen molar-refractivity contribution in [2.24, 2.45) is 0 Å². The molecule has 0 radical (unpaired) electrons. The molecule has 1 aliphatic carbocycles. The van der Waals surface area contributed by atoms with Gasteiger partial charge in [-0.2, -0.15) is 0 Å². The predicted octanol–water partition coefficient (Wildman–Crippen LogP) is 4.55. The normalized spacial score (nSPS) is 17.9. The third-order valence-corrected chi connectivity index (χ3v) is 5.93. The predicted molar refractivity (Wildman–Crippen MR) is 108 cm³/mol. The van der Waals surface area contributed by atoms with Crippen molar-refractivity contribution in [3.05, 3.63) is 40.5 Å². The fourth-order valence-electron chi connectivity index (χ4n) is 4.63. The number of fused-ring (bicyclic) bond motifs is 2. The number of hydrogen-bond acceptors (Lipinski definition) is 4. The van der Waals surface area contributed by atoms with E-state index in [1.807, 2.05) is 0 Å². The Labute approximate surface area is 162 Å².